The fraction of sp³-hybridized carbons (Fsp3) is 0.462. The third-order valence-corrected chi connectivity index (χ3v) is 5.71. The maximum atomic E-state index is 13.4. The first-order valence-electron chi connectivity index (χ1n) is 11.5. The minimum absolute atomic E-state index is 0.132. The predicted molar refractivity (Wildman–Crippen MR) is 128 cm³/mol. The van der Waals surface area contributed by atoms with Crippen molar-refractivity contribution in [3.05, 3.63) is 53.5 Å². The topological polar surface area (TPSA) is 95.9 Å². The Labute approximate surface area is 201 Å². The van der Waals surface area contributed by atoms with Gasteiger partial charge in [-0.1, -0.05) is 38.7 Å². The summed E-state index contributed by atoms with van der Waals surface area (Å²) in [6.07, 6.45) is 2.74. The lowest BCUT2D eigenvalue weighted by atomic mass is 9.99. The van der Waals surface area contributed by atoms with Gasteiger partial charge in [-0.3, -0.25) is 14.6 Å². The van der Waals surface area contributed by atoms with Crippen LogP contribution in [0.1, 0.15) is 54.1 Å². The van der Waals surface area contributed by atoms with Crippen LogP contribution in [0.25, 0.3) is 0 Å². The molecule has 0 unspecified atom stereocenters. The zero-order chi connectivity index (χ0) is 24.8. The first kappa shape index (κ1) is 25.2. The van der Waals surface area contributed by atoms with Crippen molar-refractivity contribution in [3.8, 4) is 17.7 Å². The number of pyridine rings is 2. The lowest BCUT2D eigenvalue weighted by molar-refractivity contribution is 0.0312. The first-order valence-corrected chi connectivity index (χ1v) is 11.5. The molecule has 3 heterocycles. The Hall–Kier alpha value is -3.44. The Morgan fingerprint density at radius 2 is 2.09 bits per heavy atom. The molecule has 0 aromatic carbocycles. The van der Waals surface area contributed by atoms with Crippen LogP contribution < -0.4 is 4.74 Å². The molecule has 1 N–H and O–H groups in total. The molecule has 3 rings (SSSR count). The molecule has 1 aliphatic rings. The number of likely N-dealkylation sites (N-methyl/N-ethyl adjacent to an activating group) is 1. The van der Waals surface area contributed by atoms with E-state index in [0.717, 1.165) is 0 Å². The molecule has 0 spiro atoms. The minimum Gasteiger partial charge on any atom is -0.472 e. The number of amides is 2. The Morgan fingerprint density at radius 1 is 1.32 bits per heavy atom. The number of aromatic nitrogens is 2. The average Bonchev–Trinajstić information content (AvgIpc) is 2.84. The summed E-state index contributed by atoms with van der Waals surface area (Å²) in [6.45, 7) is 8.21. The molecule has 2 amide bonds. The van der Waals surface area contributed by atoms with E-state index in [-0.39, 0.29) is 48.7 Å². The molecule has 34 heavy (non-hydrogen) atoms. The average molecular weight is 465 g/mol. The van der Waals surface area contributed by atoms with Crippen LogP contribution >= 0.6 is 0 Å². The number of fused-ring (bicyclic) bond motifs is 1. The number of ether oxygens (including phenoxy) is 1. The fourth-order valence-electron chi connectivity index (χ4n) is 3.65. The van der Waals surface area contributed by atoms with E-state index in [4.69, 9.17) is 4.74 Å². The molecule has 1 aliphatic heterocycles. The summed E-state index contributed by atoms with van der Waals surface area (Å²) in [5.41, 5.74) is 1.26. The SMILES string of the molecule is CC(C)C#Cc1cnc2c(c1)C(=O)N([C@@H](C)CO)C[C@@H](C)[C@@H](CN(C)C(=O)c1ccccn1)O2. The molecular weight excluding hydrogens is 432 g/mol. The van der Waals surface area contributed by atoms with E-state index in [1.165, 1.54) is 0 Å². The second kappa shape index (κ2) is 11.1. The van der Waals surface area contributed by atoms with Gasteiger partial charge in [-0.15, -0.1) is 0 Å². The summed E-state index contributed by atoms with van der Waals surface area (Å²) in [5, 5.41) is 9.79. The van der Waals surface area contributed by atoms with Gasteiger partial charge in [0.25, 0.3) is 11.8 Å². The van der Waals surface area contributed by atoms with Gasteiger partial charge in [0.2, 0.25) is 5.88 Å². The van der Waals surface area contributed by atoms with Gasteiger partial charge < -0.3 is 19.6 Å². The van der Waals surface area contributed by atoms with Crippen LogP contribution in [0.5, 0.6) is 5.88 Å². The number of aliphatic hydroxyl groups is 1. The minimum atomic E-state index is -0.432. The van der Waals surface area contributed by atoms with Crippen molar-refractivity contribution in [1.82, 2.24) is 19.8 Å². The smallest absolute Gasteiger partial charge is 0.272 e. The monoisotopic (exact) mass is 464 g/mol. The number of carbonyl (C=O) groups excluding carboxylic acids is 2. The summed E-state index contributed by atoms with van der Waals surface area (Å²) in [6, 6.07) is 6.49. The molecule has 0 bridgehead atoms. The van der Waals surface area contributed by atoms with Crippen molar-refractivity contribution in [2.75, 3.05) is 26.7 Å². The van der Waals surface area contributed by atoms with Crippen LogP contribution in [-0.2, 0) is 0 Å². The van der Waals surface area contributed by atoms with Gasteiger partial charge in [-0.25, -0.2) is 4.98 Å². The number of aliphatic hydroxyl groups excluding tert-OH is 1. The Balaban J connectivity index is 1.95. The Morgan fingerprint density at radius 3 is 2.74 bits per heavy atom. The van der Waals surface area contributed by atoms with E-state index < -0.39 is 6.10 Å². The van der Waals surface area contributed by atoms with E-state index in [2.05, 4.69) is 21.8 Å². The summed E-state index contributed by atoms with van der Waals surface area (Å²) in [5.74, 6) is 5.89. The molecule has 3 atom stereocenters. The van der Waals surface area contributed by atoms with Crippen LogP contribution in [0.15, 0.2) is 36.7 Å². The van der Waals surface area contributed by atoms with E-state index in [1.807, 2.05) is 20.8 Å². The summed E-state index contributed by atoms with van der Waals surface area (Å²) in [4.78, 5) is 38.0. The largest absolute Gasteiger partial charge is 0.472 e. The van der Waals surface area contributed by atoms with Crippen molar-refractivity contribution in [3.63, 3.8) is 0 Å². The van der Waals surface area contributed by atoms with Gasteiger partial charge >= 0.3 is 0 Å². The third kappa shape index (κ3) is 5.91. The molecule has 2 aromatic heterocycles. The van der Waals surface area contributed by atoms with E-state index in [0.29, 0.717) is 23.4 Å². The molecule has 0 radical (unpaired) electrons. The van der Waals surface area contributed by atoms with Gasteiger partial charge in [-0.05, 0) is 25.1 Å². The van der Waals surface area contributed by atoms with Gasteiger partial charge in [0.05, 0.1) is 19.2 Å². The summed E-state index contributed by atoms with van der Waals surface area (Å²) >= 11 is 0. The van der Waals surface area contributed by atoms with Crippen LogP contribution in [-0.4, -0.2) is 75.6 Å². The maximum absolute atomic E-state index is 13.4. The number of carbonyl (C=O) groups is 2. The zero-order valence-electron chi connectivity index (χ0n) is 20.4. The summed E-state index contributed by atoms with van der Waals surface area (Å²) in [7, 11) is 1.70. The standard InChI is InChI=1S/C26H32N4O4/c1-17(2)9-10-20-12-21-24(28-13-20)34-23(18(3)14-30(25(21)32)19(4)16-31)15-29(5)26(33)22-8-6-7-11-27-22/h6-8,11-13,17-19,23,31H,14-16H2,1-5H3/t18-,19+,23-/m1/s1. The van der Waals surface area contributed by atoms with Crippen LogP contribution in [0, 0.1) is 23.7 Å². The quantitative estimate of drug-likeness (QED) is 0.683. The van der Waals surface area contributed by atoms with Crippen molar-refractivity contribution in [1.29, 1.82) is 0 Å². The number of hydrogen-bond acceptors (Lipinski definition) is 6. The highest BCUT2D eigenvalue weighted by molar-refractivity contribution is 5.97. The van der Waals surface area contributed by atoms with Gasteiger partial charge in [0.15, 0.2) is 0 Å². The third-order valence-electron chi connectivity index (χ3n) is 5.71. The molecule has 0 saturated heterocycles. The highest BCUT2D eigenvalue weighted by atomic mass is 16.5. The number of hydrogen-bond donors (Lipinski definition) is 1. The highest BCUT2D eigenvalue weighted by Crippen LogP contribution is 2.27. The van der Waals surface area contributed by atoms with Crippen molar-refractivity contribution >= 4 is 11.8 Å². The van der Waals surface area contributed by atoms with Crippen molar-refractivity contribution in [2.24, 2.45) is 11.8 Å². The first-order chi connectivity index (χ1) is 16.2. The normalized spacial score (nSPS) is 18.7. The zero-order valence-corrected chi connectivity index (χ0v) is 20.4. The number of rotatable bonds is 5. The lowest BCUT2D eigenvalue weighted by Crippen LogP contribution is -2.50. The van der Waals surface area contributed by atoms with Gasteiger partial charge in [0, 0.05) is 43.4 Å². The fourth-order valence-corrected chi connectivity index (χ4v) is 3.65. The number of nitrogens with zero attached hydrogens (tertiary/aromatic N) is 4. The molecule has 0 aliphatic carbocycles. The molecule has 0 fully saturated rings. The Bertz CT molecular complexity index is 1080. The predicted octanol–water partition coefficient (Wildman–Crippen LogP) is 2.48. The van der Waals surface area contributed by atoms with Crippen LogP contribution in [0.4, 0.5) is 0 Å². The molecule has 8 nitrogen and oxygen atoms in total. The molecular formula is C26H32N4O4. The van der Waals surface area contributed by atoms with Gasteiger partial charge in [0.1, 0.15) is 17.4 Å². The molecule has 180 valence electrons. The molecule has 2 aromatic rings. The Kier molecular flexibility index (Phi) is 8.24. The van der Waals surface area contributed by atoms with Crippen LogP contribution in [0.2, 0.25) is 0 Å². The summed E-state index contributed by atoms with van der Waals surface area (Å²) < 4.78 is 6.24. The maximum Gasteiger partial charge on any atom is 0.272 e. The van der Waals surface area contributed by atoms with E-state index >= 15 is 0 Å². The molecule has 8 heteroatoms. The highest BCUT2D eigenvalue weighted by Gasteiger charge is 2.34. The van der Waals surface area contributed by atoms with E-state index in [1.54, 1.807) is 60.4 Å². The van der Waals surface area contributed by atoms with Crippen molar-refractivity contribution < 1.29 is 19.4 Å². The second-order valence-electron chi connectivity index (χ2n) is 9.02. The lowest BCUT2D eigenvalue weighted by Gasteiger charge is -2.37. The van der Waals surface area contributed by atoms with E-state index in [9.17, 15) is 14.7 Å². The van der Waals surface area contributed by atoms with Gasteiger partial charge in [-0.2, -0.15) is 0 Å². The molecule has 0 saturated carbocycles. The second-order valence-corrected chi connectivity index (χ2v) is 9.02. The van der Waals surface area contributed by atoms with Crippen LogP contribution in [0.3, 0.4) is 0 Å². The van der Waals surface area contributed by atoms with Crippen molar-refractivity contribution in [2.45, 2.75) is 39.8 Å².